The van der Waals surface area contributed by atoms with Crippen LogP contribution in [-0.2, 0) is 0 Å². The van der Waals surface area contributed by atoms with Crippen molar-refractivity contribution >= 4 is 22.4 Å². The van der Waals surface area contributed by atoms with Crippen molar-refractivity contribution in [2.24, 2.45) is 0 Å². The maximum atomic E-state index is 11.5. The fraction of sp³-hybridized carbons (Fsp3) is 0.167. The quantitative estimate of drug-likeness (QED) is 0.383. The molecule has 0 unspecified atom stereocenters. The number of ketones is 1. The number of aryl methyl sites for hydroxylation is 1. The molecular formula is C12H9NO6. The second-order valence-corrected chi connectivity index (χ2v) is 4.06. The number of hydrogen-bond acceptors (Lipinski definition) is 6. The summed E-state index contributed by atoms with van der Waals surface area (Å²) in [6.07, 6.45) is 0. The maximum absolute atomic E-state index is 11.5. The summed E-state index contributed by atoms with van der Waals surface area (Å²) in [5.74, 6) is -1.42. The topological polar surface area (TPSA) is 111 Å². The van der Waals surface area contributed by atoms with Gasteiger partial charge in [0.05, 0.1) is 4.92 Å². The highest BCUT2D eigenvalue weighted by atomic mass is 16.6. The summed E-state index contributed by atoms with van der Waals surface area (Å²) >= 11 is 0. The van der Waals surface area contributed by atoms with Crippen molar-refractivity contribution in [3.05, 3.63) is 43.8 Å². The van der Waals surface area contributed by atoms with Gasteiger partial charge < -0.3 is 9.52 Å². The average molecular weight is 263 g/mol. The van der Waals surface area contributed by atoms with E-state index in [4.69, 9.17) is 4.42 Å². The molecule has 0 radical (unpaired) electrons. The molecule has 1 aromatic carbocycles. The van der Waals surface area contributed by atoms with Gasteiger partial charge in [-0.15, -0.1) is 0 Å². The number of Topliss-reactive ketones (excluding diaryl/α,β-unsaturated/α-hetero) is 1. The van der Waals surface area contributed by atoms with Gasteiger partial charge in [-0.1, -0.05) is 0 Å². The number of fused-ring (bicyclic) bond motifs is 1. The lowest BCUT2D eigenvalue weighted by Gasteiger charge is -2.07. The predicted octanol–water partition coefficient (Wildman–Crippen LogP) is 1.92. The van der Waals surface area contributed by atoms with Crippen molar-refractivity contribution in [1.82, 2.24) is 0 Å². The Balaban J connectivity index is 3.09. The molecular weight excluding hydrogens is 254 g/mol. The average Bonchev–Trinajstić information content (AvgIpc) is 2.26. The summed E-state index contributed by atoms with van der Waals surface area (Å²) in [7, 11) is 0. The Bertz CT molecular complexity index is 774. The lowest BCUT2D eigenvalue weighted by molar-refractivity contribution is -0.385. The number of phenolic OH excluding ortho intramolecular Hbond substituents is 1. The first kappa shape index (κ1) is 12.7. The van der Waals surface area contributed by atoms with Gasteiger partial charge in [0, 0.05) is 17.5 Å². The first-order valence-corrected chi connectivity index (χ1v) is 5.28. The summed E-state index contributed by atoms with van der Waals surface area (Å²) in [6.45, 7) is 2.69. The van der Waals surface area contributed by atoms with Crippen LogP contribution < -0.4 is 5.63 Å². The minimum Gasteiger partial charge on any atom is -0.501 e. The number of hydrogen-bond donors (Lipinski definition) is 1. The standard InChI is InChI=1S/C12H9NO6/c1-5-3-9(15)19-12-7(5)4-8(13(17)18)11(16)10(12)6(2)14/h3-4,16H,1-2H3. The van der Waals surface area contributed by atoms with Gasteiger partial charge in [-0.05, 0) is 19.4 Å². The number of rotatable bonds is 2. The Labute approximate surface area is 106 Å². The van der Waals surface area contributed by atoms with E-state index < -0.39 is 27.8 Å². The van der Waals surface area contributed by atoms with Gasteiger partial charge in [-0.2, -0.15) is 0 Å². The van der Waals surface area contributed by atoms with Crippen LogP contribution in [0.5, 0.6) is 5.75 Å². The van der Waals surface area contributed by atoms with Gasteiger partial charge >= 0.3 is 11.3 Å². The molecule has 0 bridgehead atoms. The van der Waals surface area contributed by atoms with E-state index in [0.717, 1.165) is 19.1 Å². The summed E-state index contributed by atoms with van der Waals surface area (Å²) < 4.78 is 4.89. The van der Waals surface area contributed by atoms with Crippen LogP contribution >= 0.6 is 0 Å². The fourth-order valence-electron chi connectivity index (χ4n) is 1.89. The highest BCUT2D eigenvalue weighted by Crippen LogP contribution is 2.37. The molecule has 0 aliphatic heterocycles. The van der Waals surface area contributed by atoms with Gasteiger partial charge in [0.2, 0.25) is 5.75 Å². The Morgan fingerprint density at radius 2 is 2.05 bits per heavy atom. The second kappa shape index (κ2) is 4.20. The number of nitro groups is 1. The summed E-state index contributed by atoms with van der Waals surface area (Å²) in [5, 5.41) is 20.9. The number of phenols is 1. The van der Waals surface area contributed by atoms with E-state index in [1.807, 2.05) is 0 Å². The Morgan fingerprint density at radius 1 is 1.42 bits per heavy atom. The van der Waals surface area contributed by atoms with Gasteiger partial charge in [-0.3, -0.25) is 14.9 Å². The first-order chi connectivity index (χ1) is 8.82. The third-order valence-electron chi connectivity index (χ3n) is 2.74. The molecule has 1 heterocycles. The third-order valence-corrected chi connectivity index (χ3v) is 2.74. The van der Waals surface area contributed by atoms with Crippen LogP contribution in [-0.4, -0.2) is 15.8 Å². The molecule has 0 saturated heterocycles. The number of carbonyl (C=O) groups excluding carboxylic acids is 1. The molecule has 7 heteroatoms. The van der Waals surface area contributed by atoms with Crippen LogP contribution in [0.4, 0.5) is 5.69 Å². The van der Waals surface area contributed by atoms with Crippen LogP contribution in [0.3, 0.4) is 0 Å². The Morgan fingerprint density at radius 3 is 2.58 bits per heavy atom. The molecule has 19 heavy (non-hydrogen) atoms. The van der Waals surface area contributed by atoms with Crippen molar-refractivity contribution < 1.29 is 19.2 Å². The number of benzene rings is 1. The minimum atomic E-state index is -0.800. The van der Waals surface area contributed by atoms with E-state index in [-0.39, 0.29) is 16.5 Å². The Hall–Kier alpha value is -2.70. The molecule has 1 N–H and O–H groups in total. The van der Waals surface area contributed by atoms with Gasteiger partial charge in [0.25, 0.3) is 0 Å². The maximum Gasteiger partial charge on any atom is 0.336 e. The molecule has 0 atom stereocenters. The zero-order chi connectivity index (χ0) is 14.3. The van der Waals surface area contributed by atoms with Gasteiger partial charge in [0.1, 0.15) is 5.56 Å². The van der Waals surface area contributed by atoms with Crippen molar-refractivity contribution in [2.45, 2.75) is 13.8 Å². The number of nitrogens with zero attached hydrogens (tertiary/aromatic N) is 1. The molecule has 0 spiro atoms. The highest BCUT2D eigenvalue weighted by molar-refractivity contribution is 6.09. The van der Waals surface area contributed by atoms with Crippen molar-refractivity contribution in [3.63, 3.8) is 0 Å². The van der Waals surface area contributed by atoms with Crippen LogP contribution in [0.25, 0.3) is 11.0 Å². The lowest BCUT2D eigenvalue weighted by atomic mass is 10.0. The zero-order valence-corrected chi connectivity index (χ0v) is 10.1. The van der Waals surface area contributed by atoms with Crippen molar-refractivity contribution in [1.29, 1.82) is 0 Å². The van der Waals surface area contributed by atoms with E-state index >= 15 is 0 Å². The van der Waals surface area contributed by atoms with Gasteiger partial charge in [0.15, 0.2) is 11.4 Å². The van der Waals surface area contributed by atoms with Crippen molar-refractivity contribution in [2.75, 3.05) is 0 Å². The third kappa shape index (κ3) is 1.95. The molecule has 0 saturated carbocycles. The normalized spacial score (nSPS) is 10.6. The lowest BCUT2D eigenvalue weighted by Crippen LogP contribution is -2.04. The highest BCUT2D eigenvalue weighted by Gasteiger charge is 2.25. The van der Waals surface area contributed by atoms with E-state index in [9.17, 15) is 24.8 Å². The molecule has 2 rings (SSSR count). The van der Waals surface area contributed by atoms with Crippen LogP contribution in [0.1, 0.15) is 22.8 Å². The minimum absolute atomic E-state index is 0.138. The molecule has 7 nitrogen and oxygen atoms in total. The zero-order valence-electron chi connectivity index (χ0n) is 10.1. The van der Waals surface area contributed by atoms with E-state index in [2.05, 4.69) is 0 Å². The predicted molar refractivity (Wildman–Crippen MR) is 65.5 cm³/mol. The first-order valence-electron chi connectivity index (χ1n) is 5.28. The monoisotopic (exact) mass is 263 g/mol. The number of nitro benzene ring substituents is 1. The second-order valence-electron chi connectivity index (χ2n) is 4.06. The summed E-state index contributed by atoms with van der Waals surface area (Å²) in [4.78, 5) is 32.9. The number of aromatic hydroxyl groups is 1. The summed E-state index contributed by atoms with van der Waals surface area (Å²) in [6, 6.07) is 2.24. The SMILES string of the molecule is CC(=O)c1c(O)c([N+](=O)[O-])cc2c(C)cc(=O)oc12. The van der Waals surface area contributed by atoms with Crippen LogP contribution in [0, 0.1) is 17.0 Å². The smallest absolute Gasteiger partial charge is 0.336 e. The largest absolute Gasteiger partial charge is 0.501 e. The molecule has 1 aromatic heterocycles. The summed E-state index contributed by atoms with van der Waals surface area (Å²) in [5.41, 5.74) is -1.36. The van der Waals surface area contributed by atoms with E-state index in [1.165, 1.54) is 0 Å². The molecule has 0 fully saturated rings. The molecule has 98 valence electrons. The van der Waals surface area contributed by atoms with Crippen LogP contribution in [0.2, 0.25) is 0 Å². The number of carbonyl (C=O) groups is 1. The molecule has 0 amide bonds. The van der Waals surface area contributed by atoms with Gasteiger partial charge in [-0.25, -0.2) is 4.79 Å². The van der Waals surface area contributed by atoms with E-state index in [1.54, 1.807) is 6.92 Å². The fourth-order valence-corrected chi connectivity index (χ4v) is 1.89. The molecule has 0 aliphatic rings. The van der Waals surface area contributed by atoms with Crippen LogP contribution in [0.15, 0.2) is 21.3 Å². The van der Waals surface area contributed by atoms with E-state index in [0.29, 0.717) is 5.56 Å². The molecule has 2 aromatic rings. The Kier molecular flexibility index (Phi) is 2.82. The van der Waals surface area contributed by atoms with Crippen molar-refractivity contribution in [3.8, 4) is 5.75 Å². The molecule has 0 aliphatic carbocycles.